The van der Waals surface area contributed by atoms with Gasteiger partial charge in [0.15, 0.2) is 5.82 Å². The van der Waals surface area contributed by atoms with Crippen molar-refractivity contribution in [1.82, 2.24) is 30.2 Å². The normalized spacial score (nSPS) is 17.1. The first-order chi connectivity index (χ1) is 18.7. The maximum Gasteiger partial charge on any atom is 0.251 e. The lowest BCUT2D eigenvalue weighted by atomic mass is 10.0. The van der Waals surface area contributed by atoms with Crippen LogP contribution >= 0.6 is 0 Å². The molecule has 0 atom stereocenters. The van der Waals surface area contributed by atoms with Gasteiger partial charge in [0.05, 0.1) is 24.2 Å². The highest BCUT2D eigenvalue weighted by Crippen LogP contribution is 2.32. The van der Waals surface area contributed by atoms with Gasteiger partial charge >= 0.3 is 0 Å². The van der Waals surface area contributed by atoms with Gasteiger partial charge in [0.1, 0.15) is 11.5 Å². The number of carbonyl (C=O) groups is 1. The van der Waals surface area contributed by atoms with Gasteiger partial charge in [0.25, 0.3) is 5.91 Å². The second kappa shape index (κ2) is 11.3. The topological polar surface area (TPSA) is 99.3 Å². The van der Waals surface area contributed by atoms with E-state index in [4.69, 9.17) is 14.7 Å². The molecule has 2 N–H and O–H groups in total. The zero-order valence-electron chi connectivity index (χ0n) is 21.5. The van der Waals surface area contributed by atoms with Gasteiger partial charge in [-0.05, 0) is 31.0 Å². The molecule has 0 aliphatic carbocycles. The van der Waals surface area contributed by atoms with Gasteiger partial charge < -0.3 is 19.9 Å². The van der Waals surface area contributed by atoms with Crippen LogP contribution in [0.3, 0.4) is 0 Å². The van der Waals surface area contributed by atoms with E-state index in [0.29, 0.717) is 24.6 Å². The predicted octanol–water partition coefficient (Wildman–Crippen LogP) is 3.29. The summed E-state index contributed by atoms with van der Waals surface area (Å²) in [6, 6.07) is 16.4. The fourth-order valence-electron chi connectivity index (χ4n) is 5.41. The zero-order valence-corrected chi connectivity index (χ0v) is 21.5. The van der Waals surface area contributed by atoms with Gasteiger partial charge in [0.2, 0.25) is 0 Å². The third-order valence-corrected chi connectivity index (χ3v) is 7.48. The molecule has 2 fully saturated rings. The van der Waals surface area contributed by atoms with E-state index in [9.17, 15) is 4.79 Å². The van der Waals surface area contributed by atoms with Crippen LogP contribution in [0.2, 0.25) is 0 Å². The second-order valence-electron chi connectivity index (χ2n) is 9.87. The molecule has 0 saturated carbocycles. The van der Waals surface area contributed by atoms with Crippen molar-refractivity contribution in [2.75, 3.05) is 50.8 Å². The molecule has 0 unspecified atom stereocenters. The fourth-order valence-corrected chi connectivity index (χ4v) is 5.41. The first-order valence-corrected chi connectivity index (χ1v) is 13.4. The molecule has 2 aliphatic rings. The Balaban J connectivity index is 1.24. The zero-order chi connectivity index (χ0) is 25.7. The van der Waals surface area contributed by atoms with Crippen LogP contribution in [0, 0.1) is 0 Å². The lowest BCUT2D eigenvalue weighted by molar-refractivity contribution is 0.0115. The van der Waals surface area contributed by atoms with E-state index in [1.54, 1.807) is 12.4 Å². The molecular weight excluding hydrogens is 478 g/mol. The molecule has 4 heterocycles. The Hall–Kier alpha value is -3.82. The van der Waals surface area contributed by atoms with Crippen LogP contribution in [0.1, 0.15) is 29.0 Å². The number of amides is 1. The Morgan fingerprint density at radius 2 is 1.82 bits per heavy atom. The molecule has 2 aromatic heterocycles. The Morgan fingerprint density at radius 3 is 2.58 bits per heavy atom. The second-order valence-corrected chi connectivity index (χ2v) is 9.87. The first kappa shape index (κ1) is 24.5. The smallest absolute Gasteiger partial charge is 0.251 e. The number of anilines is 1. The molecule has 2 aromatic carbocycles. The molecular formula is C29H33N7O2. The monoisotopic (exact) mass is 511 g/mol. The quantitative estimate of drug-likeness (QED) is 0.393. The SMILES string of the molecule is O=C(NCCc1ncc[nH]1)c1ccc2nc(N3CCC(N4CCOCC4)CC3)c(-c3ccccc3)nc2c1. The van der Waals surface area contributed by atoms with Crippen LogP contribution < -0.4 is 10.2 Å². The Kier molecular flexibility index (Phi) is 7.28. The van der Waals surface area contributed by atoms with E-state index in [1.807, 2.05) is 36.4 Å². The molecule has 0 spiro atoms. The third kappa shape index (κ3) is 5.39. The number of benzene rings is 2. The summed E-state index contributed by atoms with van der Waals surface area (Å²) in [6.45, 7) is 6.10. The minimum atomic E-state index is -0.129. The number of carbonyl (C=O) groups excluding carboxylic acids is 1. The van der Waals surface area contributed by atoms with Crippen LogP contribution in [0.5, 0.6) is 0 Å². The van der Waals surface area contributed by atoms with E-state index in [2.05, 4.69) is 37.2 Å². The van der Waals surface area contributed by atoms with Crippen LogP contribution in [-0.2, 0) is 11.2 Å². The van der Waals surface area contributed by atoms with E-state index >= 15 is 0 Å². The number of nitrogens with one attached hydrogen (secondary N) is 2. The average molecular weight is 512 g/mol. The van der Waals surface area contributed by atoms with Crippen LogP contribution in [0.25, 0.3) is 22.3 Å². The number of morpholine rings is 1. The fraction of sp³-hybridized carbons (Fsp3) is 0.379. The highest BCUT2D eigenvalue weighted by Gasteiger charge is 2.28. The van der Waals surface area contributed by atoms with Crippen LogP contribution in [0.4, 0.5) is 5.82 Å². The number of rotatable bonds is 7. The summed E-state index contributed by atoms with van der Waals surface area (Å²) in [5.74, 6) is 1.64. The van der Waals surface area contributed by atoms with Gasteiger partial charge in [-0.15, -0.1) is 0 Å². The van der Waals surface area contributed by atoms with E-state index in [1.165, 1.54) is 0 Å². The molecule has 6 rings (SSSR count). The number of piperidine rings is 1. The molecule has 2 aliphatic heterocycles. The maximum absolute atomic E-state index is 12.8. The molecule has 38 heavy (non-hydrogen) atoms. The van der Waals surface area contributed by atoms with Crippen molar-refractivity contribution in [3.63, 3.8) is 0 Å². The Morgan fingerprint density at radius 1 is 1.00 bits per heavy atom. The minimum Gasteiger partial charge on any atom is -0.379 e. The predicted molar refractivity (Wildman–Crippen MR) is 147 cm³/mol. The maximum atomic E-state index is 12.8. The first-order valence-electron chi connectivity index (χ1n) is 13.4. The molecule has 0 radical (unpaired) electrons. The van der Waals surface area contributed by atoms with Gasteiger partial charge in [-0.2, -0.15) is 0 Å². The summed E-state index contributed by atoms with van der Waals surface area (Å²) < 4.78 is 5.55. The number of imidazole rings is 1. The van der Waals surface area contributed by atoms with Gasteiger partial charge in [-0.25, -0.2) is 15.0 Å². The summed E-state index contributed by atoms with van der Waals surface area (Å²) in [6.07, 6.45) is 6.35. The summed E-state index contributed by atoms with van der Waals surface area (Å²) in [5.41, 5.74) is 3.97. The number of aromatic nitrogens is 4. The average Bonchev–Trinajstić information content (AvgIpc) is 3.51. The van der Waals surface area contributed by atoms with Gasteiger partial charge in [-0.1, -0.05) is 30.3 Å². The lowest BCUT2D eigenvalue weighted by Gasteiger charge is -2.40. The lowest BCUT2D eigenvalue weighted by Crippen LogP contribution is -2.49. The molecule has 4 aromatic rings. The molecule has 196 valence electrons. The molecule has 9 nitrogen and oxygen atoms in total. The van der Waals surface area contributed by atoms with Crippen molar-refractivity contribution >= 4 is 22.8 Å². The van der Waals surface area contributed by atoms with Crippen molar-refractivity contribution in [2.24, 2.45) is 0 Å². The van der Waals surface area contributed by atoms with Crippen molar-refractivity contribution in [3.05, 3.63) is 72.3 Å². The van der Waals surface area contributed by atoms with Crippen molar-refractivity contribution in [3.8, 4) is 11.3 Å². The molecule has 0 bridgehead atoms. The summed E-state index contributed by atoms with van der Waals surface area (Å²) in [4.78, 5) is 35.2. The summed E-state index contributed by atoms with van der Waals surface area (Å²) in [7, 11) is 0. The van der Waals surface area contributed by atoms with E-state index in [-0.39, 0.29) is 5.91 Å². The summed E-state index contributed by atoms with van der Waals surface area (Å²) in [5, 5.41) is 2.98. The number of hydrogen-bond acceptors (Lipinski definition) is 7. The molecule has 1 amide bonds. The molecule has 2 saturated heterocycles. The third-order valence-electron chi connectivity index (χ3n) is 7.48. The summed E-state index contributed by atoms with van der Waals surface area (Å²) >= 11 is 0. The Bertz CT molecular complexity index is 1360. The highest BCUT2D eigenvalue weighted by molar-refractivity contribution is 5.98. The van der Waals surface area contributed by atoms with E-state index in [0.717, 1.165) is 86.2 Å². The largest absolute Gasteiger partial charge is 0.379 e. The van der Waals surface area contributed by atoms with Crippen molar-refractivity contribution in [1.29, 1.82) is 0 Å². The number of nitrogens with zero attached hydrogens (tertiary/aromatic N) is 5. The number of ether oxygens (including phenoxy) is 1. The number of fused-ring (bicyclic) bond motifs is 1. The van der Waals surface area contributed by atoms with Gasteiger partial charge in [0, 0.05) is 68.7 Å². The molecule has 9 heteroatoms. The van der Waals surface area contributed by atoms with Crippen LogP contribution in [0.15, 0.2) is 60.9 Å². The van der Waals surface area contributed by atoms with E-state index < -0.39 is 0 Å². The number of aromatic amines is 1. The standard InChI is InChI=1S/C29H33N7O2/c37-29(32-11-8-26-30-12-13-31-26)22-6-7-24-25(20-22)33-27(21-4-2-1-3-5-21)28(34-24)36-14-9-23(10-15-36)35-16-18-38-19-17-35/h1-7,12-13,20,23H,8-11,14-19H2,(H,30,31)(H,32,37). The minimum absolute atomic E-state index is 0.129. The Labute approximate surface area is 222 Å². The van der Waals surface area contributed by atoms with Crippen molar-refractivity contribution in [2.45, 2.75) is 25.3 Å². The van der Waals surface area contributed by atoms with Gasteiger partial charge in [-0.3, -0.25) is 9.69 Å². The number of hydrogen-bond donors (Lipinski definition) is 2. The highest BCUT2D eigenvalue weighted by atomic mass is 16.5. The van der Waals surface area contributed by atoms with Crippen molar-refractivity contribution < 1.29 is 9.53 Å². The number of H-pyrrole nitrogens is 1. The van der Waals surface area contributed by atoms with Crippen LogP contribution in [-0.4, -0.2) is 82.7 Å².